The molecule has 0 saturated carbocycles. The highest BCUT2D eigenvalue weighted by molar-refractivity contribution is 7.18. The summed E-state index contributed by atoms with van der Waals surface area (Å²) in [4.78, 5) is 29.4. The Morgan fingerprint density at radius 3 is 2.40 bits per heavy atom. The number of thiazole rings is 1. The highest BCUT2D eigenvalue weighted by atomic mass is 32.1. The number of carbonyl (C=O) groups excluding carboxylic acids is 2. The molecule has 0 fully saturated rings. The van der Waals surface area contributed by atoms with Crippen molar-refractivity contribution < 1.29 is 14.3 Å². The third-order valence-corrected chi connectivity index (χ3v) is 4.64. The number of amides is 1. The molecule has 3 aromatic rings. The Labute approximate surface area is 149 Å². The quantitative estimate of drug-likeness (QED) is 0.696. The fraction of sp³-hybridized carbons (Fsp3) is 0.105. The van der Waals surface area contributed by atoms with E-state index in [1.165, 1.54) is 25.4 Å². The van der Waals surface area contributed by atoms with Crippen molar-refractivity contribution >= 4 is 28.2 Å². The Hall–Kier alpha value is -2.99. The first-order valence-electron chi connectivity index (χ1n) is 7.61. The van der Waals surface area contributed by atoms with Crippen molar-refractivity contribution in [3.05, 3.63) is 65.0 Å². The van der Waals surface area contributed by atoms with Crippen molar-refractivity contribution in [2.75, 3.05) is 12.4 Å². The van der Waals surface area contributed by atoms with Crippen molar-refractivity contribution in [3.8, 4) is 17.0 Å². The molecule has 5 nitrogen and oxygen atoms in total. The number of ether oxygens (including phenoxy) is 1. The zero-order valence-corrected chi connectivity index (χ0v) is 14.6. The molecule has 0 saturated heterocycles. The maximum Gasteiger partial charge on any atom is 0.261 e. The molecular weight excluding hydrogens is 336 g/mol. The van der Waals surface area contributed by atoms with Gasteiger partial charge >= 0.3 is 0 Å². The Bertz CT molecular complexity index is 919. The van der Waals surface area contributed by atoms with Gasteiger partial charge in [-0.15, -0.1) is 0 Å². The van der Waals surface area contributed by atoms with Crippen LogP contribution in [0.1, 0.15) is 27.0 Å². The molecule has 0 atom stereocenters. The van der Waals surface area contributed by atoms with Gasteiger partial charge in [0.05, 0.1) is 23.2 Å². The van der Waals surface area contributed by atoms with E-state index in [4.69, 9.17) is 4.74 Å². The number of para-hydroxylation sites is 1. The number of ketones is 1. The van der Waals surface area contributed by atoms with Crippen LogP contribution in [-0.2, 0) is 0 Å². The predicted octanol–water partition coefficient (Wildman–Crippen LogP) is 4.27. The topological polar surface area (TPSA) is 68.3 Å². The number of methoxy groups -OCH3 is 1. The summed E-state index contributed by atoms with van der Waals surface area (Å²) in [5.74, 6) is 0.0571. The van der Waals surface area contributed by atoms with Gasteiger partial charge in [0.2, 0.25) is 0 Å². The number of hydrogen-bond donors (Lipinski definition) is 1. The van der Waals surface area contributed by atoms with Crippen LogP contribution in [0.25, 0.3) is 11.3 Å². The summed E-state index contributed by atoms with van der Waals surface area (Å²) >= 11 is 1.17. The lowest BCUT2D eigenvalue weighted by Crippen LogP contribution is -2.12. The zero-order chi connectivity index (χ0) is 17.8. The third kappa shape index (κ3) is 3.59. The second-order valence-electron chi connectivity index (χ2n) is 5.27. The Morgan fingerprint density at radius 2 is 1.72 bits per heavy atom. The summed E-state index contributed by atoms with van der Waals surface area (Å²) in [5, 5.41) is 3.13. The van der Waals surface area contributed by atoms with E-state index in [1.54, 1.807) is 24.3 Å². The van der Waals surface area contributed by atoms with Gasteiger partial charge in [-0.05, 0) is 12.1 Å². The number of aromatic nitrogens is 1. The zero-order valence-electron chi connectivity index (χ0n) is 13.8. The summed E-state index contributed by atoms with van der Waals surface area (Å²) in [7, 11) is 1.51. The molecule has 3 rings (SSSR count). The van der Waals surface area contributed by atoms with Crippen molar-refractivity contribution in [3.63, 3.8) is 0 Å². The average molecular weight is 352 g/mol. The molecule has 1 amide bonds. The number of carbonyl (C=O) groups is 2. The number of nitrogens with zero attached hydrogens (tertiary/aromatic N) is 1. The van der Waals surface area contributed by atoms with Gasteiger partial charge < -0.3 is 4.74 Å². The number of hydrogen-bond acceptors (Lipinski definition) is 5. The molecular formula is C19H16N2O3S. The van der Waals surface area contributed by atoms with E-state index in [0.717, 1.165) is 5.56 Å². The smallest absolute Gasteiger partial charge is 0.261 e. The van der Waals surface area contributed by atoms with Gasteiger partial charge in [-0.3, -0.25) is 14.9 Å². The Balaban J connectivity index is 1.93. The highest BCUT2D eigenvalue weighted by Crippen LogP contribution is 2.32. The minimum atomic E-state index is -0.332. The lowest BCUT2D eigenvalue weighted by molar-refractivity contribution is 0.101. The van der Waals surface area contributed by atoms with Gasteiger partial charge in [-0.25, -0.2) is 4.98 Å². The molecule has 1 N–H and O–H groups in total. The molecule has 1 heterocycles. The molecule has 25 heavy (non-hydrogen) atoms. The molecule has 0 radical (unpaired) electrons. The number of rotatable bonds is 5. The summed E-state index contributed by atoms with van der Waals surface area (Å²) in [6.07, 6.45) is 0. The molecule has 0 aliphatic carbocycles. The largest absolute Gasteiger partial charge is 0.496 e. The van der Waals surface area contributed by atoms with Crippen LogP contribution in [0.15, 0.2) is 54.6 Å². The van der Waals surface area contributed by atoms with E-state index in [-0.39, 0.29) is 11.7 Å². The van der Waals surface area contributed by atoms with Crippen LogP contribution in [0.5, 0.6) is 5.75 Å². The summed E-state index contributed by atoms with van der Waals surface area (Å²) in [6.45, 7) is 1.49. The molecule has 0 aliphatic heterocycles. The predicted molar refractivity (Wildman–Crippen MR) is 98.5 cm³/mol. The van der Waals surface area contributed by atoms with E-state index < -0.39 is 0 Å². The summed E-state index contributed by atoms with van der Waals surface area (Å²) in [5.41, 5.74) is 1.82. The van der Waals surface area contributed by atoms with E-state index in [2.05, 4.69) is 10.3 Å². The van der Waals surface area contributed by atoms with Crippen LogP contribution in [0, 0.1) is 0 Å². The molecule has 0 spiro atoms. The van der Waals surface area contributed by atoms with Gasteiger partial charge in [0, 0.05) is 12.5 Å². The molecule has 2 aromatic carbocycles. The van der Waals surface area contributed by atoms with Crippen molar-refractivity contribution in [2.24, 2.45) is 0 Å². The minimum absolute atomic E-state index is 0.0888. The van der Waals surface area contributed by atoms with Gasteiger partial charge in [-0.1, -0.05) is 53.8 Å². The van der Waals surface area contributed by atoms with Crippen LogP contribution in [0.3, 0.4) is 0 Å². The van der Waals surface area contributed by atoms with Crippen molar-refractivity contribution in [1.29, 1.82) is 0 Å². The molecule has 126 valence electrons. The molecule has 0 bridgehead atoms. The van der Waals surface area contributed by atoms with Gasteiger partial charge in [0.1, 0.15) is 5.75 Å². The number of nitrogens with one attached hydrogen (secondary N) is 1. The third-order valence-electron chi connectivity index (χ3n) is 3.57. The lowest BCUT2D eigenvalue weighted by Gasteiger charge is -2.07. The average Bonchev–Trinajstić information content (AvgIpc) is 3.06. The fourth-order valence-corrected chi connectivity index (χ4v) is 3.28. The van der Waals surface area contributed by atoms with Crippen LogP contribution >= 0.6 is 11.3 Å². The van der Waals surface area contributed by atoms with E-state index in [9.17, 15) is 9.59 Å². The molecule has 0 aliphatic rings. The van der Waals surface area contributed by atoms with E-state index in [0.29, 0.717) is 27.0 Å². The van der Waals surface area contributed by atoms with Crippen LogP contribution in [0.4, 0.5) is 5.13 Å². The number of benzene rings is 2. The van der Waals surface area contributed by atoms with Crippen LogP contribution in [0.2, 0.25) is 0 Å². The monoisotopic (exact) mass is 352 g/mol. The summed E-state index contributed by atoms with van der Waals surface area (Å²) in [6, 6.07) is 16.4. The van der Waals surface area contributed by atoms with Gasteiger partial charge in [-0.2, -0.15) is 0 Å². The SMILES string of the molecule is COc1ccccc1C(=O)Nc1nc(-c2ccccc2)c(C(C)=O)s1. The second kappa shape index (κ2) is 7.27. The maximum absolute atomic E-state index is 12.5. The normalized spacial score (nSPS) is 10.3. The fourth-order valence-electron chi connectivity index (χ4n) is 2.40. The molecule has 0 unspecified atom stereocenters. The lowest BCUT2D eigenvalue weighted by atomic mass is 10.1. The first-order valence-corrected chi connectivity index (χ1v) is 8.43. The first-order chi connectivity index (χ1) is 12.1. The van der Waals surface area contributed by atoms with Crippen molar-refractivity contribution in [1.82, 2.24) is 4.98 Å². The first kappa shape index (κ1) is 16.9. The number of anilines is 1. The minimum Gasteiger partial charge on any atom is -0.496 e. The standard InChI is InChI=1S/C19H16N2O3S/c1-12(22)17-16(13-8-4-3-5-9-13)20-19(25-17)21-18(23)14-10-6-7-11-15(14)24-2/h3-11H,1-2H3,(H,20,21,23). The van der Waals surface area contributed by atoms with Crippen LogP contribution < -0.4 is 10.1 Å². The number of Topliss-reactive ketones (excluding diaryl/α,β-unsaturated/α-hetero) is 1. The molecule has 6 heteroatoms. The van der Waals surface area contributed by atoms with Gasteiger partial charge in [0.15, 0.2) is 10.9 Å². The van der Waals surface area contributed by atoms with E-state index >= 15 is 0 Å². The van der Waals surface area contributed by atoms with Crippen molar-refractivity contribution in [2.45, 2.75) is 6.92 Å². The maximum atomic E-state index is 12.5. The second-order valence-corrected chi connectivity index (χ2v) is 6.27. The highest BCUT2D eigenvalue weighted by Gasteiger charge is 2.19. The Morgan fingerprint density at radius 1 is 1.04 bits per heavy atom. The van der Waals surface area contributed by atoms with E-state index in [1.807, 2.05) is 30.3 Å². The Kier molecular flexibility index (Phi) is 4.90. The molecule has 1 aromatic heterocycles. The summed E-state index contributed by atoms with van der Waals surface area (Å²) < 4.78 is 5.21. The van der Waals surface area contributed by atoms with Crippen LogP contribution in [-0.4, -0.2) is 23.8 Å². The van der Waals surface area contributed by atoms with Gasteiger partial charge in [0.25, 0.3) is 5.91 Å².